The van der Waals surface area contributed by atoms with Crippen molar-refractivity contribution in [2.24, 2.45) is 0 Å². The smallest absolute Gasteiger partial charge is 0.258 e. The van der Waals surface area contributed by atoms with Crippen LogP contribution in [0.3, 0.4) is 0 Å². The van der Waals surface area contributed by atoms with Gasteiger partial charge in [0.1, 0.15) is 5.75 Å². The van der Waals surface area contributed by atoms with Gasteiger partial charge < -0.3 is 14.8 Å². The van der Waals surface area contributed by atoms with E-state index in [0.717, 1.165) is 57.0 Å². The predicted octanol–water partition coefficient (Wildman–Crippen LogP) is 3.09. The molecule has 154 valence electrons. The highest BCUT2D eigenvalue weighted by atomic mass is 16.5. The zero-order valence-electron chi connectivity index (χ0n) is 17.0. The second-order valence-electron chi connectivity index (χ2n) is 7.87. The molecule has 1 aliphatic heterocycles. The molecule has 0 unspecified atom stereocenters. The molecule has 5 nitrogen and oxygen atoms in total. The molecule has 1 amide bonds. The van der Waals surface area contributed by atoms with Gasteiger partial charge in [-0.05, 0) is 54.0 Å². The number of aryl methyl sites for hydroxylation is 1. The van der Waals surface area contributed by atoms with E-state index >= 15 is 0 Å². The van der Waals surface area contributed by atoms with Crippen LogP contribution >= 0.6 is 0 Å². The number of nitrogens with one attached hydrogen (secondary N) is 1. The molecule has 4 rings (SSSR count). The second kappa shape index (κ2) is 9.90. The van der Waals surface area contributed by atoms with Crippen molar-refractivity contribution in [3.8, 4) is 5.75 Å². The van der Waals surface area contributed by atoms with Crippen molar-refractivity contribution in [1.29, 1.82) is 0 Å². The number of fused-ring (bicyclic) bond motifs is 1. The number of carbonyl (C=O) groups is 1. The monoisotopic (exact) mass is 394 g/mol. The van der Waals surface area contributed by atoms with Crippen molar-refractivity contribution in [3.63, 3.8) is 0 Å². The highest BCUT2D eigenvalue weighted by molar-refractivity contribution is 5.77. The van der Waals surface area contributed by atoms with Gasteiger partial charge in [-0.3, -0.25) is 9.69 Å². The SMILES string of the molecule is O=C(COc1cccc2c1CCCC2)NCc1ccc(CN2CCOCC2)cc1. The molecule has 2 aromatic rings. The number of rotatable bonds is 7. The molecule has 2 aliphatic rings. The van der Waals surface area contributed by atoms with Crippen LogP contribution in [0.4, 0.5) is 0 Å². The summed E-state index contributed by atoms with van der Waals surface area (Å²) in [6.07, 6.45) is 4.59. The van der Waals surface area contributed by atoms with Crippen molar-refractivity contribution in [2.45, 2.75) is 38.8 Å². The van der Waals surface area contributed by atoms with E-state index in [4.69, 9.17) is 9.47 Å². The van der Waals surface area contributed by atoms with Crippen LogP contribution in [0.15, 0.2) is 42.5 Å². The first-order chi connectivity index (χ1) is 14.3. The summed E-state index contributed by atoms with van der Waals surface area (Å²) in [5.41, 5.74) is 5.04. The van der Waals surface area contributed by atoms with Crippen molar-refractivity contribution in [3.05, 3.63) is 64.7 Å². The molecule has 29 heavy (non-hydrogen) atoms. The van der Waals surface area contributed by atoms with Crippen molar-refractivity contribution < 1.29 is 14.3 Å². The molecule has 2 aromatic carbocycles. The van der Waals surface area contributed by atoms with E-state index in [1.54, 1.807) is 0 Å². The van der Waals surface area contributed by atoms with Crippen LogP contribution in [0.2, 0.25) is 0 Å². The number of ether oxygens (including phenoxy) is 2. The molecule has 1 fully saturated rings. The average Bonchev–Trinajstić information content (AvgIpc) is 2.78. The average molecular weight is 395 g/mol. The molecular weight excluding hydrogens is 364 g/mol. The third-order valence-corrected chi connectivity index (χ3v) is 5.73. The third kappa shape index (κ3) is 5.58. The molecule has 1 saturated heterocycles. The van der Waals surface area contributed by atoms with Gasteiger partial charge in [0.05, 0.1) is 13.2 Å². The summed E-state index contributed by atoms with van der Waals surface area (Å²) in [6.45, 7) is 5.14. The molecule has 0 saturated carbocycles. The number of amides is 1. The van der Waals surface area contributed by atoms with Gasteiger partial charge in [0.25, 0.3) is 5.91 Å². The summed E-state index contributed by atoms with van der Waals surface area (Å²) < 4.78 is 11.2. The third-order valence-electron chi connectivity index (χ3n) is 5.73. The number of carbonyl (C=O) groups excluding carboxylic acids is 1. The highest BCUT2D eigenvalue weighted by Gasteiger charge is 2.15. The van der Waals surface area contributed by atoms with E-state index in [9.17, 15) is 4.79 Å². The summed E-state index contributed by atoms with van der Waals surface area (Å²) in [5.74, 6) is 0.778. The number of benzene rings is 2. The first kappa shape index (κ1) is 19.9. The Kier molecular flexibility index (Phi) is 6.80. The Bertz CT molecular complexity index is 813. The fourth-order valence-electron chi connectivity index (χ4n) is 4.06. The summed E-state index contributed by atoms with van der Waals surface area (Å²) in [7, 11) is 0. The molecular formula is C24H30N2O3. The van der Waals surface area contributed by atoms with Crippen LogP contribution in [-0.2, 0) is 35.5 Å². The lowest BCUT2D eigenvalue weighted by atomic mass is 9.91. The number of nitrogens with zero attached hydrogens (tertiary/aromatic N) is 1. The maximum atomic E-state index is 12.2. The zero-order chi connectivity index (χ0) is 19.9. The van der Waals surface area contributed by atoms with E-state index in [1.165, 1.54) is 29.5 Å². The molecule has 0 atom stereocenters. The molecule has 1 aliphatic carbocycles. The first-order valence-corrected chi connectivity index (χ1v) is 10.7. The Labute approximate surface area is 173 Å². The number of morpholine rings is 1. The van der Waals surface area contributed by atoms with Crippen molar-refractivity contribution >= 4 is 5.91 Å². The van der Waals surface area contributed by atoms with E-state index in [0.29, 0.717) is 6.54 Å². The Morgan fingerprint density at radius 2 is 1.76 bits per heavy atom. The van der Waals surface area contributed by atoms with Gasteiger partial charge in [-0.1, -0.05) is 36.4 Å². The predicted molar refractivity (Wildman–Crippen MR) is 113 cm³/mol. The van der Waals surface area contributed by atoms with Gasteiger partial charge in [-0.15, -0.1) is 0 Å². The van der Waals surface area contributed by atoms with E-state index < -0.39 is 0 Å². The van der Waals surface area contributed by atoms with Crippen LogP contribution in [-0.4, -0.2) is 43.7 Å². The van der Waals surface area contributed by atoms with Gasteiger partial charge in [0.15, 0.2) is 6.61 Å². The molecule has 1 N–H and O–H groups in total. The normalized spacial score (nSPS) is 16.8. The second-order valence-corrected chi connectivity index (χ2v) is 7.87. The maximum absolute atomic E-state index is 12.2. The van der Waals surface area contributed by atoms with Crippen molar-refractivity contribution in [1.82, 2.24) is 10.2 Å². The topological polar surface area (TPSA) is 50.8 Å². The Morgan fingerprint density at radius 3 is 2.59 bits per heavy atom. The van der Waals surface area contributed by atoms with E-state index in [1.807, 2.05) is 12.1 Å². The van der Waals surface area contributed by atoms with Gasteiger partial charge in [-0.2, -0.15) is 0 Å². The lowest BCUT2D eigenvalue weighted by molar-refractivity contribution is -0.123. The minimum absolute atomic E-state index is 0.0611. The van der Waals surface area contributed by atoms with Crippen LogP contribution < -0.4 is 10.1 Å². The Hall–Kier alpha value is -2.37. The Morgan fingerprint density at radius 1 is 1.00 bits per heavy atom. The minimum atomic E-state index is -0.0872. The zero-order valence-corrected chi connectivity index (χ0v) is 17.0. The molecule has 0 radical (unpaired) electrons. The highest BCUT2D eigenvalue weighted by Crippen LogP contribution is 2.29. The molecule has 5 heteroatoms. The quantitative estimate of drug-likeness (QED) is 0.784. The van der Waals surface area contributed by atoms with E-state index in [-0.39, 0.29) is 12.5 Å². The van der Waals surface area contributed by atoms with Crippen LogP contribution in [0, 0.1) is 0 Å². The molecule has 0 spiro atoms. The fourth-order valence-corrected chi connectivity index (χ4v) is 4.06. The molecule has 1 heterocycles. The Balaban J connectivity index is 1.22. The summed E-state index contributed by atoms with van der Waals surface area (Å²) in [4.78, 5) is 14.6. The summed E-state index contributed by atoms with van der Waals surface area (Å²) in [6, 6.07) is 14.6. The van der Waals surface area contributed by atoms with Crippen LogP contribution in [0.1, 0.15) is 35.1 Å². The molecule has 0 bridgehead atoms. The fraction of sp³-hybridized carbons (Fsp3) is 0.458. The van der Waals surface area contributed by atoms with Gasteiger partial charge in [0.2, 0.25) is 0 Å². The summed E-state index contributed by atoms with van der Waals surface area (Å²) >= 11 is 0. The maximum Gasteiger partial charge on any atom is 0.258 e. The number of hydrogen-bond donors (Lipinski definition) is 1. The lowest BCUT2D eigenvalue weighted by Gasteiger charge is -2.26. The first-order valence-electron chi connectivity index (χ1n) is 10.7. The van der Waals surface area contributed by atoms with E-state index in [2.05, 4.69) is 40.5 Å². The lowest BCUT2D eigenvalue weighted by Crippen LogP contribution is -2.35. The standard InChI is InChI=1S/C24H30N2O3/c27-24(18-29-23-7-3-5-21-4-1-2-6-22(21)23)25-16-19-8-10-20(11-9-19)17-26-12-14-28-15-13-26/h3,5,7-11H,1-2,4,6,12-18H2,(H,25,27). The number of hydrogen-bond acceptors (Lipinski definition) is 4. The summed E-state index contributed by atoms with van der Waals surface area (Å²) in [5, 5.41) is 2.96. The van der Waals surface area contributed by atoms with Gasteiger partial charge >= 0.3 is 0 Å². The van der Waals surface area contributed by atoms with Crippen molar-refractivity contribution in [2.75, 3.05) is 32.9 Å². The van der Waals surface area contributed by atoms with Crippen LogP contribution in [0.5, 0.6) is 5.75 Å². The minimum Gasteiger partial charge on any atom is -0.483 e. The van der Waals surface area contributed by atoms with Gasteiger partial charge in [-0.25, -0.2) is 0 Å². The molecule has 0 aromatic heterocycles. The largest absolute Gasteiger partial charge is 0.483 e. The van der Waals surface area contributed by atoms with Gasteiger partial charge in [0, 0.05) is 26.2 Å². The van der Waals surface area contributed by atoms with Crippen LogP contribution in [0.25, 0.3) is 0 Å².